The number of anilines is 1. The quantitative estimate of drug-likeness (QED) is 0.673. The van der Waals surface area contributed by atoms with Crippen LogP contribution in [0.15, 0.2) is 30.6 Å². The molecule has 0 radical (unpaired) electrons. The zero-order chi connectivity index (χ0) is 16.0. The smallest absolute Gasteiger partial charge is 0.255 e. The molecule has 0 N–H and O–H groups in total. The van der Waals surface area contributed by atoms with E-state index >= 15 is 0 Å². The molecule has 1 aliphatic rings. The van der Waals surface area contributed by atoms with Crippen LogP contribution in [0.25, 0.3) is 16.9 Å². The monoisotopic (exact) mass is 331 g/mol. The van der Waals surface area contributed by atoms with Crippen LogP contribution >= 0.6 is 11.6 Å². The van der Waals surface area contributed by atoms with Crippen molar-refractivity contribution in [1.82, 2.24) is 19.6 Å². The first-order chi connectivity index (χ1) is 11.2. The predicted octanol–water partition coefficient (Wildman–Crippen LogP) is 3.57. The van der Waals surface area contributed by atoms with Crippen LogP contribution in [0.1, 0.15) is 19.8 Å². The third-order valence-electron chi connectivity index (χ3n) is 4.33. The van der Waals surface area contributed by atoms with Gasteiger partial charge < -0.3 is 4.90 Å². The molecule has 1 saturated heterocycles. The van der Waals surface area contributed by atoms with E-state index in [-0.39, 0.29) is 11.0 Å². The van der Waals surface area contributed by atoms with E-state index in [4.69, 9.17) is 11.6 Å². The Kier molecular flexibility index (Phi) is 3.41. The van der Waals surface area contributed by atoms with Crippen molar-refractivity contribution in [3.63, 3.8) is 0 Å². The highest BCUT2D eigenvalue weighted by Gasteiger charge is 2.29. The Morgan fingerprint density at radius 3 is 2.87 bits per heavy atom. The molecule has 0 saturated carbocycles. The van der Waals surface area contributed by atoms with E-state index in [0.717, 1.165) is 25.2 Å². The minimum Gasteiger partial charge on any atom is -0.353 e. The number of rotatable bonds is 2. The molecule has 5 nitrogen and oxygen atoms in total. The van der Waals surface area contributed by atoms with E-state index in [1.54, 1.807) is 22.7 Å². The normalized spacial score (nSPS) is 18.0. The lowest BCUT2D eigenvalue weighted by Crippen LogP contribution is -2.29. The van der Waals surface area contributed by atoms with Crippen molar-refractivity contribution >= 4 is 23.2 Å². The Hall–Kier alpha value is -2.21. The molecule has 0 bridgehead atoms. The van der Waals surface area contributed by atoms with Crippen molar-refractivity contribution in [1.29, 1.82) is 0 Å². The summed E-state index contributed by atoms with van der Waals surface area (Å²) in [6.07, 6.45) is 3.59. The number of aromatic nitrogens is 4. The predicted molar refractivity (Wildman–Crippen MR) is 87.2 cm³/mol. The average Bonchev–Trinajstić information content (AvgIpc) is 3.15. The van der Waals surface area contributed by atoms with Gasteiger partial charge in [0.1, 0.15) is 23.1 Å². The molecule has 0 aliphatic carbocycles. The molecule has 1 unspecified atom stereocenters. The molecule has 1 fully saturated rings. The van der Waals surface area contributed by atoms with Gasteiger partial charge in [-0.25, -0.2) is 4.39 Å². The standard InChI is InChI=1S/C16H15ClFN5/c1-10-5-4-8-22(10)15-13(11-6-2-3-7-12(11)18)14(17)21-16-19-9-20-23(15)16/h2-3,6-7,9-10H,4-5,8H2,1H3. The van der Waals surface area contributed by atoms with Crippen molar-refractivity contribution < 1.29 is 4.39 Å². The van der Waals surface area contributed by atoms with E-state index in [1.165, 1.54) is 12.4 Å². The number of halogens is 2. The van der Waals surface area contributed by atoms with E-state index in [2.05, 4.69) is 26.9 Å². The molecular weight excluding hydrogens is 317 g/mol. The Morgan fingerprint density at radius 2 is 2.13 bits per heavy atom. The van der Waals surface area contributed by atoms with Crippen LogP contribution in [-0.2, 0) is 0 Å². The summed E-state index contributed by atoms with van der Waals surface area (Å²) in [5, 5.41) is 4.52. The molecule has 0 amide bonds. The lowest BCUT2D eigenvalue weighted by molar-refractivity contribution is 0.630. The maximum absolute atomic E-state index is 14.4. The minimum absolute atomic E-state index is 0.240. The summed E-state index contributed by atoms with van der Waals surface area (Å²) in [5.74, 6) is 0.848. The highest BCUT2D eigenvalue weighted by Crippen LogP contribution is 2.39. The third kappa shape index (κ3) is 2.25. The Balaban J connectivity index is 2.06. The molecule has 23 heavy (non-hydrogen) atoms. The molecule has 1 atom stereocenters. The van der Waals surface area contributed by atoms with Crippen LogP contribution in [0.2, 0.25) is 5.15 Å². The molecule has 0 spiro atoms. The molecule has 1 aliphatic heterocycles. The number of hydrogen-bond donors (Lipinski definition) is 0. The zero-order valence-electron chi connectivity index (χ0n) is 12.6. The highest BCUT2D eigenvalue weighted by molar-refractivity contribution is 6.33. The van der Waals surface area contributed by atoms with E-state index in [1.807, 2.05) is 0 Å². The van der Waals surface area contributed by atoms with Gasteiger partial charge >= 0.3 is 0 Å². The Morgan fingerprint density at radius 1 is 1.30 bits per heavy atom. The number of hydrogen-bond acceptors (Lipinski definition) is 4. The van der Waals surface area contributed by atoms with Gasteiger partial charge in [0, 0.05) is 18.2 Å². The number of fused-ring (bicyclic) bond motifs is 1. The van der Waals surface area contributed by atoms with Gasteiger partial charge in [0.25, 0.3) is 5.78 Å². The third-order valence-corrected chi connectivity index (χ3v) is 4.60. The number of benzene rings is 1. The van der Waals surface area contributed by atoms with Crippen molar-refractivity contribution in [3.8, 4) is 11.1 Å². The van der Waals surface area contributed by atoms with Gasteiger partial charge in [0.2, 0.25) is 0 Å². The van der Waals surface area contributed by atoms with Crippen LogP contribution in [0.5, 0.6) is 0 Å². The van der Waals surface area contributed by atoms with E-state index < -0.39 is 0 Å². The van der Waals surface area contributed by atoms with Crippen molar-refractivity contribution in [2.45, 2.75) is 25.8 Å². The van der Waals surface area contributed by atoms with Gasteiger partial charge in [0.05, 0.1) is 5.56 Å². The largest absolute Gasteiger partial charge is 0.353 e. The number of nitrogens with zero attached hydrogens (tertiary/aromatic N) is 5. The molecule has 1 aromatic carbocycles. The molecule has 118 valence electrons. The Bertz CT molecular complexity index is 878. The summed E-state index contributed by atoms with van der Waals surface area (Å²) in [5.41, 5.74) is 0.994. The molecular formula is C16H15ClFN5. The van der Waals surface area contributed by atoms with E-state index in [0.29, 0.717) is 22.9 Å². The lowest BCUT2D eigenvalue weighted by atomic mass is 10.1. The Labute approximate surface area is 137 Å². The summed E-state index contributed by atoms with van der Waals surface area (Å²) in [6, 6.07) is 6.91. The molecule has 3 heterocycles. The molecule has 7 heteroatoms. The van der Waals surface area contributed by atoms with Crippen molar-refractivity contribution in [3.05, 3.63) is 41.6 Å². The van der Waals surface area contributed by atoms with Gasteiger partial charge in [-0.3, -0.25) is 0 Å². The SMILES string of the molecule is CC1CCCN1c1c(-c2ccccc2F)c(Cl)nc2ncnn12. The second-order valence-corrected chi connectivity index (χ2v) is 6.10. The second kappa shape index (κ2) is 5.45. The first-order valence-electron chi connectivity index (χ1n) is 7.57. The topological polar surface area (TPSA) is 46.3 Å². The second-order valence-electron chi connectivity index (χ2n) is 5.74. The fraction of sp³-hybridized carbons (Fsp3) is 0.312. The summed E-state index contributed by atoms with van der Waals surface area (Å²) in [4.78, 5) is 10.6. The summed E-state index contributed by atoms with van der Waals surface area (Å²) >= 11 is 6.41. The fourth-order valence-corrected chi connectivity index (χ4v) is 3.47. The van der Waals surface area contributed by atoms with Crippen LogP contribution in [0, 0.1) is 5.82 Å². The van der Waals surface area contributed by atoms with Gasteiger partial charge in [-0.2, -0.15) is 19.6 Å². The van der Waals surface area contributed by atoms with Crippen molar-refractivity contribution in [2.75, 3.05) is 11.4 Å². The fourth-order valence-electron chi connectivity index (χ4n) is 3.21. The summed E-state index contributed by atoms with van der Waals surface area (Å²) < 4.78 is 16.0. The maximum atomic E-state index is 14.4. The summed E-state index contributed by atoms with van der Waals surface area (Å²) in [6.45, 7) is 3.02. The van der Waals surface area contributed by atoms with Crippen LogP contribution in [0.3, 0.4) is 0 Å². The average molecular weight is 332 g/mol. The van der Waals surface area contributed by atoms with Crippen LogP contribution < -0.4 is 4.90 Å². The van der Waals surface area contributed by atoms with Gasteiger partial charge in [-0.05, 0) is 25.8 Å². The van der Waals surface area contributed by atoms with Gasteiger partial charge in [0.15, 0.2) is 0 Å². The zero-order valence-corrected chi connectivity index (χ0v) is 13.3. The first-order valence-corrected chi connectivity index (χ1v) is 7.95. The maximum Gasteiger partial charge on any atom is 0.255 e. The first kappa shape index (κ1) is 14.4. The van der Waals surface area contributed by atoms with Gasteiger partial charge in [-0.1, -0.05) is 29.8 Å². The molecule has 2 aromatic heterocycles. The van der Waals surface area contributed by atoms with Crippen LogP contribution in [0.4, 0.5) is 10.2 Å². The highest BCUT2D eigenvalue weighted by atomic mass is 35.5. The lowest BCUT2D eigenvalue weighted by Gasteiger charge is -2.27. The van der Waals surface area contributed by atoms with Gasteiger partial charge in [-0.15, -0.1) is 0 Å². The van der Waals surface area contributed by atoms with Crippen LogP contribution in [-0.4, -0.2) is 32.2 Å². The minimum atomic E-state index is -0.330. The van der Waals surface area contributed by atoms with Crippen molar-refractivity contribution in [2.24, 2.45) is 0 Å². The molecule has 4 rings (SSSR count). The molecule has 3 aromatic rings. The van der Waals surface area contributed by atoms with E-state index in [9.17, 15) is 4.39 Å². The summed E-state index contributed by atoms with van der Waals surface area (Å²) in [7, 11) is 0.